The maximum absolute atomic E-state index is 6.93. The van der Waals surface area contributed by atoms with Crippen LogP contribution in [0, 0.1) is 0 Å². The van der Waals surface area contributed by atoms with Crippen LogP contribution in [0.4, 0.5) is 0 Å². The van der Waals surface area contributed by atoms with Crippen LogP contribution in [0.2, 0.25) is 0 Å². The van der Waals surface area contributed by atoms with Crippen LogP contribution in [0.15, 0.2) is 173 Å². The fraction of sp³-hybridized carbons (Fsp3) is 0.0392. The molecule has 0 saturated heterocycles. The molecular weight excluding hydrogens is 701 g/mol. The molecule has 6 heteroatoms. The standard InChI is InChI=1S/C51H32N4O2/c1-3-13-31(14-4-1)33-17-11-18-34(29-33)50-52-49(32-15-5-2-6-16-32)53-51(54-50)35-25-26-38-40-21-12-23-43(47(40)57-45(38)30-35)55-42-22-9-7-19-36(42)39-27-28-41-37-20-8-10-24-44(37)56-48(41)46(39)55/h1-8,10-21,23-30H,9,22H2. The summed E-state index contributed by atoms with van der Waals surface area (Å²) in [4.78, 5) is 15.1. The number of benzene rings is 7. The van der Waals surface area contributed by atoms with Gasteiger partial charge >= 0.3 is 0 Å². The monoisotopic (exact) mass is 732 g/mol. The molecule has 0 radical (unpaired) electrons. The summed E-state index contributed by atoms with van der Waals surface area (Å²) < 4.78 is 16.0. The molecular formula is C51H32N4O2. The number of fused-ring (bicyclic) bond motifs is 10. The molecule has 7 aromatic carbocycles. The number of rotatable bonds is 5. The van der Waals surface area contributed by atoms with E-state index in [4.69, 9.17) is 23.8 Å². The second-order valence-corrected chi connectivity index (χ2v) is 14.7. The third-order valence-corrected chi connectivity index (χ3v) is 11.3. The third kappa shape index (κ3) is 5.00. The van der Waals surface area contributed by atoms with E-state index in [1.54, 1.807) is 0 Å². The van der Waals surface area contributed by atoms with Gasteiger partial charge in [-0.05, 0) is 60.4 Å². The van der Waals surface area contributed by atoms with E-state index in [0.29, 0.717) is 17.5 Å². The zero-order chi connectivity index (χ0) is 37.5. The summed E-state index contributed by atoms with van der Waals surface area (Å²) in [7, 11) is 0. The average molecular weight is 733 g/mol. The summed E-state index contributed by atoms with van der Waals surface area (Å²) in [5, 5.41) is 5.48. The van der Waals surface area contributed by atoms with Crippen molar-refractivity contribution < 1.29 is 8.83 Å². The molecule has 1 aliphatic rings. The molecule has 12 rings (SSSR count). The fourth-order valence-electron chi connectivity index (χ4n) is 8.66. The van der Waals surface area contributed by atoms with Gasteiger partial charge in [-0.2, -0.15) is 0 Å². The van der Waals surface area contributed by atoms with Crippen LogP contribution in [0.1, 0.15) is 17.7 Å². The second kappa shape index (κ2) is 12.5. The van der Waals surface area contributed by atoms with Crippen molar-refractivity contribution in [1.29, 1.82) is 0 Å². The van der Waals surface area contributed by atoms with E-state index in [2.05, 4.69) is 126 Å². The summed E-state index contributed by atoms with van der Waals surface area (Å²) in [6.07, 6.45) is 6.43. The number of hydrogen-bond acceptors (Lipinski definition) is 5. The minimum atomic E-state index is 0.580. The Kier molecular flexibility index (Phi) is 6.95. The molecule has 0 bridgehead atoms. The molecule has 4 heterocycles. The van der Waals surface area contributed by atoms with Crippen molar-refractivity contribution >= 4 is 60.9 Å². The zero-order valence-corrected chi connectivity index (χ0v) is 30.7. The van der Waals surface area contributed by atoms with E-state index >= 15 is 0 Å². The van der Waals surface area contributed by atoms with E-state index in [0.717, 1.165) is 95.7 Å². The number of aromatic nitrogens is 4. The van der Waals surface area contributed by atoms with E-state index in [1.807, 2.05) is 48.5 Å². The Morgan fingerprint density at radius 1 is 0.439 bits per heavy atom. The molecule has 1 aliphatic carbocycles. The SMILES string of the molecule is C1=Cc2c(n(-c3cccc4c3oc3cc(-c5nc(-c6ccccc6)nc(-c6cccc(-c7ccccc7)c6)n5)ccc34)c3c2ccc2c4ccccc4oc23)CC1. The molecule has 268 valence electrons. The summed E-state index contributed by atoms with van der Waals surface area (Å²) in [6, 6.07) is 54.3. The van der Waals surface area contributed by atoms with Crippen molar-refractivity contribution in [2.24, 2.45) is 0 Å². The number of para-hydroxylation sites is 2. The van der Waals surface area contributed by atoms with E-state index in [1.165, 1.54) is 16.6 Å². The molecule has 11 aromatic rings. The lowest BCUT2D eigenvalue weighted by atomic mass is 10.0. The Morgan fingerprint density at radius 3 is 1.88 bits per heavy atom. The molecule has 6 nitrogen and oxygen atoms in total. The normalized spacial score (nSPS) is 12.7. The molecule has 0 amide bonds. The van der Waals surface area contributed by atoms with Crippen LogP contribution < -0.4 is 0 Å². The van der Waals surface area contributed by atoms with Gasteiger partial charge in [-0.3, -0.25) is 0 Å². The van der Waals surface area contributed by atoms with Gasteiger partial charge in [0.2, 0.25) is 0 Å². The van der Waals surface area contributed by atoms with E-state index in [9.17, 15) is 0 Å². The minimum absolute atomic E-state index is 0.580. The highest BCUT2D eigenvalue weighted by atomic mass is 16.3. The van der Waals surface area contributed by atoms with Crippen LogP contribution in [0.5, 0.6) is 0 Å². The highest BCUT2D eigenvalue weighted by Crippen LogP contribution is 2.43. The van der Waals surface area contributed by atoms with Crippen LogP contribution >= 0.6 is 0 Å². The maximum atomic E-state index is 6.93. The molecule has 0 N–H and O–H groups in total. The van der Waals surface area contributed by atoms with Gasteiger partial charge < -0.3 is 13.4 Å². The van der Waals surface area contributed by atoms with Gasteiger partial charge in [0, 0.05) is 54.9 Å². The number of nitrogens with zero attached hydrogens (tertiary/aromatic N) is 4. The number of hydrogen-bond donors (Lipinski definition) is 0. The average Bonchev–Trinajstić information content (AvgIpc) is 3.96. The first-order valence-corrected chi connectivity index (χ1v) is 19.3. The smallest absolute Gasteiger partial charge is 0.164 e. The Hall–Kier alpha value is -7.57. The van der Waals surface area contributed by atoms with Gasteiger partial charge in [-0.1, -0.05) is 133 Å². The second-order valence-electron chi connectivity index (χ2n) is 14.7. The van der Waals surface area contributed by atoms with Gasteiger partial charge in [-0.15, -0.1) is 0 Å². The van der Waals surface area contributed by atoms with Gasteiger partial charge in [0.15, 0.2) is 28.6 Å². The Bertz CT molecular complexity index is 3410. The summed E-state index contributed by atoms with van der Waals surface area (Å²) in [6.45, 7) is 0. The van der Waals surface area contributed by atoms with Gasteiger partial charge in [0.1, 0.15) is 11.2 Å². The summed E-state index contributed by atoms with van der Waals surface area (Å²) >= 11 is 0. The van der Waals surface area contributed by atoms with E-state index in [-0.39, 0.29) is 0 Å². The molecule has 0 fully saturated rings. The highest BCUT2D eigenvalue weighted by molar-refractivity contribution is 6.17. The molecule has 57 heavy (non-hydrogen) atoms. The summed E-state index contributed by atoms with van der Waals surface area (Å²) in [5.41, 5.74) is 12.9. The maximum Gasteiger partial charge on any atom is 0.164 e. The van der Waals surface area contributed by atoms with Crippen molar-refractivity contribution in [3.63, 3.8) is 0 Å². The first-order chi connectivity index (χ1) is 28.2. The largest absolute Gasteiger partial charge is 0.454 e. The predicted octanol–water partition coefficient (Wildman–Crippen LogP) is 13.2. The van der Waals surface area contributed by atoms with Crippen molar-refractivity contribution in [3.8, 4) is 51.0 Å². The Balaban J connectivity index is 1.05. The Labute approximate surface area is 327 Å². The quantitative estimate of drug-likeness (QED) is 0.176. The van der Waals surface area contributed by atoms with Crippen LogP contribution in [-0.4, -0.2) is 19.5 Å². The van der Waals surface area contributed by atoms with Gasteiger partial charge in [-0.25, -0.2) is 15.0 Å². The predicted molar refractivity (Wildman–Crippen MR) is 230 cm³/mol. The molecule has 4 aromatic heterocycles. The van der Waals surface area contributed by atoms with Crippen molar-refractivity contribution in [2.75, 3.05) is 0 Å². The van der Waals surface area contributed by atoms with E-state index < -0.39 is 0 Å². The first kappa shape index (κ1) is 31.7. The zero-order valence-electron chi connectivity index (χ0n) is 30.7. The molecule has 0 spiro atoms. The highest BCUT2D eigenvalue weighted by Gasteiger charge is 2.25. The molecule has 0 atom stereocenters. The van der Waals surface area contributed by atoms with Crippen molar-refractivity contribution in [1.82, 2.24) is 19.5 Å². The van der Waals surface area contributed by atoms with Gasteiger partial charge in [0.25, 0.3) is 0 Å². The van der Waals surface area contributed by atoms with Crippen molar-refractivity contribution in [2.45, 2.75) is 12.8 Å². The minimum Gasteiger partial charge on any atom is -0.454 e. The van der Waals surface area contributed by atoms with Crippen molar-refractivity contribution in [3.05, 3.63) is 175 Å². The molecule has 0 saturated carbocycles. The lowest BCUT2D eigenvalue weighted by Gasteiger charge is -2.13. The van der Waals surface area contributed by atoms with Crippen LogP contribution in [0.25, 0.3) is 112 Å². The topological polar surface area (TPSA) is 69.9 Å². The molecule has 0 unspecified atom stereocenters. The van der Waals surface area contributed by atoms with Crippen LogP contribution in [-0.2, 0) is 6.42 Å². The lowest BCUT2D eigenvalue weighted by Crippen LogP contribution is -2.03. The first-order valence-electron chi connectivity index (χ1n) is 19.3. The number of allylic oxidation sites excluding steroid dienone is 1. The Morgan fingerprint density at radius 2 is 1.04 bits per heavy atom. The van der Waals surface area contributed by atoms with Gasteiger partial charge in [0.05, 0.1) is 11.2 Å². The number of furan rings is 2. The lowest BCUT2D eigenvalue weighted by molar-refractivity contribution is 0.662. The van der Waals surface area contributed by atoms with Crippen LogP contribution in [0.3, 0.4) is 0 Å². The fourth-order valence-corrected chi connectivity index (χ4v) is 8.66. The molecule has 0 aliphatic heterocycles. The third-order valence-electron chi connectivity index (χ3n) is 11.3. The summed E-state index contributed by atoms with van der Waals surface area (Å²) in [5.74, 6) is 1.80.